The van der Waals surface area contributed by atoms with Gasteiger partial charge in [-0.2, -0.15) is 4.98 Å². The van der Waals surface area contributed by atoms with Crippen LogP contribution in [-0.4, -0.2) is 29.4 Å². The van der Waals surface area contributed by atoms with Crippen molar-refractivity contribution in [2.75, 3.05) is 19.5 Å². The fourth-order valence-electron chi connectivity index (χ4n) is 2.11. The fraction of sp³-hybridized carbons (Fsp3) is 0.176. The second-order valence-corrected chi connectivity index (χ2v) is 5.87. The summed E-state index contributed by atoms with van der Waals surface area (Å²) in [6.07, 6.45) is 0. The Bertz CT molecular complexity index is 789. The van der Waals surface area contributed by atoms with Crippen molar-refractivity contribution < 1.29 is 9.47 Å². The summed E-state index contributed by atoms with van der Waals surface area (Å²) in [7, 11) is 3.30. The SMILES string of the molecule is COc1ccc(CSc2n[nH]c(Nc3ccccc3OC)n2)cc1. The molecular weight excluding hydrogens is 324 g/mol. The van der Waals surface area contributed by atoms with Crippen LogP contribution >= 0.6 is 11.8 Å². The average molecular weight is 342 g/mol. The maximum Gasteiger partial charge on any atom is 0.224 e. The lowest BCUT2D eigenvalue weighted by molar-refractivity contribution is 0.414. The van der Waals surface area contributed by atoms with Crippen molar-refractivity contribution in [1.29, 1.82) is 0 Å². The van der Waals surface area contributed by atoms with Crippen molar-refractivity contribution in [1.82, 2.24) is 15.2 Å². The van der Waals surface area contributed by atoms with E-state index >= 15 is 0 Å². The molecule has 0 amide bonds. The third-order valence-corrected chi connectivity index (χ3v) is 4.27. The fourth-order valence-corrected chi connectivity index (χ4v) is 2.87. The van der Waals surface area contributed by atoms with E-state index < -0.39 is 0 Å². The number of hydrogen-bond donors (Lipinski definition) is 2. The molecule has 0 aliphatic carbocycles. The molecule has 124 valence electrons. The number of hydrogen-bond acceptors (Lipinski definition) is 6. The van der Waals surface area contributed by atoms with Crippen LogP contribution in [-0.2, 0) is 5.75 Å². The molecule has 0 radical (unpaired) electrons. The van der Waals surface area contributed by atoms with Crippen molar-refractivity contribution in [3.8, 4) is 11.5 Å². The molecule has 0 saturated heterocycles. The number of aromatic nitrogens is 3. The van der Waals surface area contributed by atoms with Gasteiger partial charge in [-0.15, -0.1) is 5.10 Å². The highest BCUT2D eigenvalue weighted by atomic mass is 32.2. The number of nitrogens with zero attached hydrogens (tertiary/aromatic N) is 2. The Morgan fingerprint density at radius 2 is 1.83 bits per heavy atom. The molecule has 7 heteroatoms. The molecule has 0 spiro atoms. The highest BCUT2D eigenvalue weighted by Gasteiger charge is 2.07. The van der Waals surface area contributed by atoms with Gasteiger partial charge in [0, 0.05) is 5.75 Å². The van der Waals surface area contributed by atoms with Crippen LogP contribution in [0.2, 0.25) is 0 Å². The van der Waals surface area contributed by atoms with E-state index in [1.165, 1.54) is 5.56 Å². The number of nitrogens with one attached hydrogen (secondary N) is 2. The molecule has 1 heterocycles. The second-order valence-electron chi connectivity index (χ2n) is 4.93. The Kier molecular flexibility index (Phi) is 5.22. The third-order valence-electron chi connectivity index (χ3n) is 3.35. The lowest BCUT2D eigenvalue weighted by Gasteiger charge is -2.07. The van der Waals surface area contributed by atoms with Crippen molar-refractivity contribution >= 4 is 23.4 Å². The van der Waals surface area contributed by atoms with Gasteiger partial charge in [0.1, 0.15) is 11.5 Å². The molecule has 0 aliphatic rings. The normalized spacial score (nSPS) is 10.4. The number of aromatic amines is 1. The maximum absolute atomic E-state index is 5.31. The number of ether oxygens (including phenoxy) is 2. The van der Waals surface area contributed by atoms with Crippen LogP contribution in [0.25, 0.3) is 0 Å². The summed E-state index contributed by atoms with van der Waals surface area (Å²) in [5.74, 6) is 2.97. The lowest BCUT2D eigenvalue weighted by atomic mass is 10.2. The monoisotopic (exact) mass is 342 g/mol. The van der Waals surface area contributed by atoms with Crippen LogP contribution in [0.3, 0.4) is 0 Å². The Morgan fingerprint density at radius 1 is 1.04 bits per heavy atom. The number of anilines is 2. The molecule has 2 aromatic carbocycles. The van der Waals surface area contributed by atoms with E-state index in [2.05, 4.69) is 20.5 Å². The molecule has 0 atom stereocenters. The quantitative estimate of drug-likeness (QED) is 0.635. The van der Waals surface area contributed by atoms with Crippen molar-refractivity contribution in [2.45, 2.75) is 10.9 Å². The Labute approximate surface area is 144 Å². The molecule has 3 rings (SSSR count). The first-order chi connectivity index (χ1) is 11.8. The van der Waals surface area contributed by atoms with Gasteiger partial charge in [0.05, 0.1) is 19.9 Å². The predicted molar refractivity (Wildman–Crippen MR) is 95.2 cm³/mol. The number of methoxy groups -OCH3 is 2. The van der Waals surface area contributed by atoms with Gasteiger partial charge in [0.15, 0.2) is 0 Å². The summed E-state index contributed by atoms with van der Waals surface area (Å²) >= 11 is 1.56. The molecule has 0 fully saturated rings. The number of benzene rings is 2. The Hall–Kier alpha value is -2.67. The minimum absolute atomic E-state index is 0.580. The molecule has 0 bridgehead atoms. The summed E-state index contributed by atoms with van der Waals surface area (Å²) in [6.45, 7) is 0. The molecule has 6 nitrogen and oxygen atoms in total. The summed E-state index contributed by atoms with van der Waals surface area (Å²) in [5.41, 5.74) is 2.02. The van der Waals surface area contributed by atoms with Gasteiger partial charge in [-0.25, -0.2) is 5.10 Å². The topological polar surface area (TPSA) is 72.1 Å². The zero-order valence-electron chi connectivity index (χ0n) is 13.4. The van der Waals surface area contributed by atoms with E-state index in [1.54, 1.807) is 26.0 Å². The largest absolute Gasteiger partial charge is 0.497 e. The van der Waals surface area contributed by atoms with E-state index in [0.717, 1.165) is 22.9 Å². The van der Waals surface area contributed by atoms with E-state index in [1.807, 2.05) is 48.5 Å². The Morgan fingerprint density at radius 3 is 2.58 bits per heavy atom. The summed E-state index contributed by atoms with van der Waals surface area (Å²) < 4.78 is 10.5. The van der Waals surface area contributed by atoms with Crippen molar-refractivity contribution in [2.24, 2.45) is 0 Å². The minimum atomic E-state index is 0.580. The molecule has 24 heavy (non-hydrogen) atoms. The van der Waals surface area contributed by atoms with E-state index in [0.29, 0.717) is 11.1 Å². The number of thioether (sulfide) groups is 1. The number of H-pyrrole nitrogens is 1. The highest BCUT2D eigenvalue weighted by molar-refractivity contribution is 7.98. The first kappa shape index (κ1) is 16.2. The first-order valence-electron chi connectivity index (χ1n) is 7.36. The van der Waals surface area contributed by atoms with Crippen LogP contribution in [0.15, 0.2) is 53.7 Å². The standard InChI is InChI=1S/C17H18N4O2S/c1-22-13-9-7-12(8-10-13)11-24-17-19-16(20-21-17)18-14-5-3-4-6-15(14)23-2/h3-10H,11H2,1-2H3,(H2,18,19,20,21). The van der Waals surface area contributed by atoms with Crippen LogP contribution < -0.4 is 14.8 Å². The molecule has 1 aromatic heterocycles. The van der Waals surface area contributed by atoms with Crippen LogP contribution in [0.4, 0.5) is 11.6 Å². The molecule has 2 N–H and O–H groups in total. The minimum Gasteiger partial charge on any atom is -0.497 e. The summed E-state index contributed by atoms with van der Waals surface area (Å²) in [5, 5.41) is 11.0. The molecule has 0 unspecified atom stereocenters. The zero-order chi connectivity index (χ0) is 16.8. The van der Waals surface area contributed by atoms with Gasteiger partial charge in [-0.3, -0.25) is 0 Å². The smallest absolute Gasteiger partial charge is 0.224 e. The molecule has 3 aromatic rings. The average Bonchev–Trinajstić information content (AvgIpc) is 3.08. The molecule has 0 saturated carbocycles. The van der Waals surface area contributed by atoms with Crippen molar-refractivity contribution in [3.05, 3.63) is 54.1 Å². The first-order valence-corrected chi connectivity index (χ1v) is 8.35. The zero-order valence-corrected chi connectivity index (χ0v) is 14.3. The third kappa shape index (κ3) is 3.99. The predicted octanol–water partition coefficient (Wildman–Crippen LogP) is 3.86. The van der Waals surface area contributed by atoms with E-state index in [4.69, 9.17) is 9.47 Å². The molecule has 0 aliphatic heterocycles. The molecular formula is C17H18N4O2S. The van der Waals surface area contributed by atoms with Gasteiger partial charge in [0.2, 0.25) is 11.1 Å². The van der Waals surface area contributed by atoms with Crippen LogP contribution in [0.1, 0.15) is 5.56 Å². The maximum atomic E-state index is 5.31. The lowest BCUT2D eigenvalue weighted by Crippen LogP contribution is -1.95. The van der Waals surface area contributed by atoms with Crippen LogP contribution in [0.5, 0.6) is 11.5 Å². The van der Waals surface area contributed by atoms with Gasteiger partial charge in [0.25, 0.3) is 0 Å². The van der Waals surface area contributed by atoms with Gasteiger partial charge < -0.3 is 14.8 Å². The van der Waals surface area contributed by atoms with Gasteiger partial charge >= 0.3 is 0 Å². The summed E-state index contributed by atoms with van der Waals surface area (Å²) in [6, 6.07) is 15.6. The number of para-hydroxylation sites is 2. The van der Waals surface area contributed by atoms with E-state index in [9.17, 15) is 0 Å². The number of rotatable bonds is 7. The Balaban J connectivity index is 1.60. The van der Waals surface area contributed by atoms with Gasteiger partial charge in [-0.05, 0) is 29.8 Å². The summed E-state index contributed by atoms with van der Waals surface area (Å²) in [4.78, 5) is 4.43. The van der Waals surface area contributed by atoms with Gasteiger partial charge in [-0.1, -0.05) is 36.0 Å². The van der Waals surface area contributed by atoms with Crippen LogP contribution in [0, 0.1) is 0 Å². The van der Waals surface area contributed by atoms with E-state index in [-0.39, 0.29) is 0 Å². The highest BCUT2D eigenvalue weighted by Crippen LogP contribution is 2.27. The second kappa shape index (κ2) is 7.74. The van der Waals surface area contributed by atoms with Crippen molar-refractivity contribution in [3.63, 3.8) is 0 Å².